The first-order chi connectivity index (χ1) is 37.6. The zero-order valence-electron chi connectivity index (χ0n) is 44.2. The molecule has 8 bridgehead atoms. The SMILES string of the molecule is NC1C=C2C#C[C@H](CCc3ccc(O)c(Cc4cccc(O)c4)c3)CCC[C@H]3C[C@H](O)[C@@H]4CCc5c(ccc(O)c5OCc5cc([C@@]67CCOC8(CCCCC8)[C@H]6CCc6ccccc67)cc6cn(cc56)C(=C2CO3)N1)C4. The van der Waals surface area contributed by atoms with Crippen LogP contribution in [-0.4, -0.2) is 62.2 Å². The number of aliphatic hydroxyl groups is 1. The lowest BCUT2D eigenvalue weighted by Crippen LogP contribution is -2.59. The van der Waals surface area contributed by atoms with Gasteiger partial charge in [0.2, 0.25) is 0 Å². The maximum atomic E-state index is 12.2. The van der Waals surface area contributed by atoms with E-state index in [9.17, 15) is 20.4 Å². The lowest BCUT2D eigenvalue weighted by Gasteiger charge is -2.59. The van der Waals surface area contributed by atoms with Crippen molar-refractivity contribution in [2.45, 2.75) is 152 Å². The number of nitrogens with two attached hydrogens (primary N) is 1. The fourth-order valence-electron chi connectivity index (χ4n) is 15.2. The van der Waals surface area contributed by atoms with Gasteiger partial charge in [-0.1, -0.05) is 91.8 Å². The second-order valence-corrected chi connectivity index (χ2v) is 23.6. The van der Waals surface area contributed by atoms with Crippen molar-refractivity contribution in [2.24, 2.45) is 23.5 Å². The molecule has 7 atom stereocenters. The second-order valence-electron chi connectivity index (χ2n) is 23.6. The van der Waals surface area contributed by atoms with E-state index in [4.69, 9.17) is 19.9 Å². The van der Waals surface area contributed by atoms with Gasteiger partial charge in [-0.25, -0.2) is 0 Å². The molecule has 10 nitrogen and oxygen atoms in total. The van der Waals surface area contributed by atoms with Crippen LogP contribution >= 0.6 is 0 Å². The standard InChI is InChI=1S/C67H73N3O7/c68-63-36-47-18-16-42(14-15-43-17-23-59(72)49(30-43)31-44-9-6-11-53(71)32-44)8-7-12-54-37-61(74)48-19-22-55-46(33-48)20-24-60(73)64(55)76-40-51-35-52(34-50-38-70(39-56(50)51)65(69-63)57(47)41-75-54)67-28-29-77-66(26-4-1-5-27-66)62(67)25-21-45-10-2-3-13-58(45)67/h2-3,6,9-11,13,17,20,23-24,30,32,34-36,38-39,42,48,54,61-63,69,71-74H,1,4-5,7-8,12,14-15,19,21-22,25-29,31,33,37,40-41,68H2/t42-,48+,54-,61-,62+,63?,67+/m0/s1. The third kappa shape index (κ3) is 9.51. The summed E-state index contributed by atoms with van der Waals surface area (Å²) in [5.74, 6) is 9.83. The van der Waals surface area contributed by atoms with Crippen molar-refractivity contribution in [1.29, 1.82) is 0 Å². The highest BCUT2D eigenvalue weighted by Crippen LogP contribution is 2.60. The molecule has 1 aromatic heterocycles. The molecule has 2 fully saturated rings. The molecule has 0 amide bonds. The first-order valence-corrected chi connectivity index (χ1v) is 28.8. The van der Waals surface area contributed by atoms with E-state index in [0.717, 1.165) is 132 Å². The average molecular weight is 1030 g/mol. The lowest BCUT2D eigenvalue weighted by atomic mass is 9.51. The highest BCUT2D eigenvalue weighted by Gasteiger charge is 2.58. The minimum absolute atomic E-state index is 0.0316. The van der Waals surface area contributed by atoms with Gasteiger partial charge in [0.05, 0.1) is 30.6 Å². The molecular formula is C67H73N3O7. The predicted octanol–water partition coefficient (Wildman–Crippen LogP) is 11.6. The third-order valence-corrected chi connectivity index (χ3v) is 19.1. The number of benzene rings is 5. The summed E-state index contributed by atoms with van der Waals surface area (Å²) in [7, 11) is 0. The topological polar surface area (TPSA) is 152 Å². The van der Waals surface area contributed by atoms with Crippen molar-refractivity contribution in [1.82, 2.24) is 9.88 Å². The molecule has 77 heavy (non-hydrogen) atoms. The first-order valence-electron chi connectivity index (χ1n) is 28.8. The number of fused-ring (bicyclic) bond motifs is 7. The van der Waals surface area contributed by atoms with Crippen LogP contribution in [0, 0.1) is 29.6 Å². The molecule has 6 aromatic rings. The Morgan fingerprint density at radius 3 is 2.56 bits per heavy atom. The summed E-state index contributed by atoms with van der Waals surface area (Å²) in [5, 5.41) is 50.6. The van der Waals surface area contributed by atoms with Crippen LogP contribution in [0.5, 0.6) is 23.0 Å². The van der Waals surface area contributed by atoms with Crippen LogP contribution in [0.4, 0.5) is 0 Å². The van der Waals surface area contributed by atoms with Crippen LogP contribution < -0.4 is 15.8 Å². The van der Waals surface area contributed by atoms with Crippen LogP contribution in [-0.2, 0) is 53.6 Å². The number of rotatable bonds is 6. The number of hydrogen-bond donors (Lipinski definition) is 6. The number of aromatic nitrogens is 1. The van der Waals surface area contributed by atoms with Gasteiger partial charge in [0.1, 0.15) is 23.9 Å². The Labute approximate surface area is 453 Å². The Bertz CT molecular complexity index is 3350. The predicted molar refractivity (Wildman–Crippen MR) is 301 cm³/mol. The van der Waals surface area contributed by atoms with Gasteiger partial charge in [-0.05, 0) is 177 Å². The molecule has 14 rings (SSSR count). The van der Waals surface area contributed by atoms with E-state index in [1.165, 1.54) is 36.0 Å². The Kier molecular flexibility index (Phi) is 13.5. The number of ether oxygens (including phenoxy) is 3. The number of aromatic hydroxyl groups is 3. The van der Waals surface area contributed by atoms with Crippen molar-refractivity contribution < 1.29 is 34.6 Å². The molecule has 1 spiro atoms. The fourth-order valence-corrected chi connectivity index (χ4v) is 15.2. The summed E-state index contributed by atoms with van der Waals surface area (Å²) in [6.07, 6.45) is 21.4. The number of aryl methyl sites for hydroxylation is 2. The lowest BCUT2D eigenvalue weighted by molar-refractivity contribution is -0.166. The quantitative estimate of drug-likeness (QED) is 0.0896. The van der Waals surface area contributed by atoms with E-state index in [0.29, 0.717) is 50.6 Å². The number of nitrogens with one attached hydrogen (secondary N) is 1. The van der Waals surface area contributed by atoms with Crippen LogP contribution in [0.2, 0.25) is 0 Å². The van der Waals surface area contributed by atoms with Crippen molar-refractivity contribution in [3.8, 4) is 34.8 Å². The summed E-state index contributed by atoms with van der Waals surface area (Å²) in [6.45, 7) is 1.27. The van der Waals surface area contributed by atoms with Crippen molar-refractivity contribution in [3.63, 3.8) is 0 Å². The number of dihydropyridines is 1. The highest BCUT2D eigenvalue weighted by atomic mass is 16.5. The van der Waals surface area contributed by atoms with Gasteiger partial charge in [-0.3, -0.25) is 0 Å². The molecule has 3 aliphatic carbocycles. The number of nitrogens with zero attached hydrogens (tertiary/aromatic N) is 1. The number of hydrogen-bond acceptors (Lipinski definition) is 9. The molecule has 5 aromatic carbocycles. The number of phenols is 3. The highest BCUT2D eigenvalue weighted by molar-refractivity contribution is 5.89. The molecule has 1 saturated carbocycles. The largest absolute Gasteiger partial charge is 0.508 e. The van der Waals surface area contributed by atoms with Gasteiger partial charge in [0.25, 0.3) is 0 Å². The van der Waals surface area contributed by atoms with Crippen molar-refractivity contribution in [3.05, 3.63) is 171 Å². The summed E-state index contributed by atoms with van der Waals surface area (Å²) in [5.41, 5.74) is 18.6. The first kappa shape index (κ1) is 50.1. The van der Waals surface area contributed by atoms with E-state index in [1.807, 2.05) is 30.3 Å². The van der Waals surface area contributed by atoms with Gasteiger partial charge < -0.3 is 50.3 Å². The summed E-state index contributed by atoms with van der Waals surface area (Å²) >= 11 is 0. The zero-order chi connectivity index (χ0) is 52.3. The van der Waals surface area contributed by atoms with E-state index in [2.05, 4.69) is 76.6 Å². The van der Waals surface area contributed by atoms with Crippen LogP contribution in [0.15, 0.2) is 121 Å². The Morgan fingerprint density at radius 2 is 1.66 bits per heavy atom. The molecule has 8 aliphatic rings. The minimum atomic E-state index is -0.582. The van der Waals surface area contributed by atoms with Gasteiger partial charge in [-0.15, -0.1) is 0 Å². The van der Waals surface area contributed by atoms with Gasteiger partial charge >= 0.3 is 0 Å². The molecule has 6 heterocycles. The Balaban J connectivity index is 0.925. The molecular weight excluding hydrogens is 959 g/mol. The summed E-state index contributed by atoms with van der Waals surface area (Å²) in [4.78, 5) is 0. The summed E-state index contributed by atoms with van der Waals surface area (Å²) in [6, 6.07) is 31.0. The monoisotopic (exact) mass is 1030 g/mol. The van der Waals surface area contributed by atoms with E-state index < -0.39 is 12.3 Å². The molecule has 0 radical (unpaired) electrons. The van der Waals surface area contributed by atoms with Gasteiger partial charge in [-0.2, -0.15) is 0 Å². The average Bonchev–Trinajstić information content (AvgIpc) is 4.06. The fraction of sp³-hybridized carbons (Fsp3) is 0.433. The molecule has 1 saturated heterocycles. The van der Waals surface area contributed by atoms with E-state index >= 15 is 0 Å². The molecule has 10 heteroatoms. The maximum Gasteiger partial charge on any atom is 0.164 e. The third-order valence-electron chi connectivity index (χ3n) is 19.1. The number of phenolic OH excluding ortho intramolecular Hbond substituents is 3. The maximum absolute atomic E-state index is 12.2. The Hall–Kier alpha value is -6.48. The van der Waals surface area contributed by atoms with Crippen molar-refractivity contribution >= 4 is 16.6 Å². The molecule has 7 N–H and O–H groups in total. The molecule has 5 aliphatic heterocycles. The normalized spacial score (nSPS) is 26.8. The van der Waals surface area contributed by atoms with Crippen LogP contribution in [0.1, 0.15) is 134 Å². The Morgan fingerprint density at radius 1 is 0.779 bits per heavy atom. The van der Waals surface area contributed by atoms with Crippen LogP contribution in [0.3, 0.4) is 0 Å². The van der Waals surface area contributed by atoms with Crippen molar-refractivity contribution in [2.75, 3.05) is 13.2 Å². The molecule has 1 unspecified atom stereocenters. The van der Waals surface area contributed by atoms with E-state index in [1.54, 1.807) is 24.3 Å². The smallest absolute Gasteiger partial charge is 0.164 e. The van der Waals surface area contributed by atoms with E-state index in [-0.39, 0.29) is 52.8 Å². The molecule has 398 valence electrons. The van der Waals surface area contributed by atoms with Crippen LogP contribution in [0.25, 0.3) is 16.6 Å². The second kappa shape index (κ2) is 20.7. The van der Waals surface area contributed by atoms with Gasteiger partial charge in [0.15, 0.2) is 11.5 Å². The minimum Gasteiger partial charge on any atom is -0.508 e. The number of aliphatic hydroxyl groups excluding tert-OH is 1. The summed E-state index contributed by atoms with van der Waals surface area (Å²) < 4.78 is 23.3. The van der Waals surface area contributed by atoms with Gasteiger partial charge in [0, 0.05) is 70.2 Å². The zero-order valence-corrected chi connectivity index (χ0v) is 44.2.